The first-order valence-electron chi connectivity index (χ1n) is 12.2. The van der Waals surface area contributed by atoms with Gasteiger partial charge in [0.1, 0.15) is 0 Å². The molecule has 0 amide bonds. The Kier molecular flexibility index (Phi) is 6.92. The summed E-state index contributed by atoms with van der Waals surface area (Å²) in [5, 5.41) is 27.7. The van der Waals surface area contributed by atoms with Crippen LogP contribution in [-0.2, 0) is 16.8 Å². The van der Waals surface area contributed by atoms with Crippen LogP contribution in [0.1, 0.15) is 37.8 Å². The third kappa shape index (κ3) is 4.70. The van der Waals surface area contributed by atoms with Gasteiger partial charge in [0, 0.05) is 44.3 Å². The van der Waals surface area contributed by atoms with Crippen molar-refractivity contribution in [3.63, 3.8) is 0 Å². The molecular formula is C22H30FN9O4S. The van der Waals surface area contributed by atoms with Crippen LogP contribution < -0.4 is 15.0 Å². The number of aliphatic hydroxyl groups is 1. The zero-order chi connectivity index (χ0) is 26.3. The van der Waals surface area contributed by atoms with Crippen LogP contribution in [0, 0.1) is 23.1 Å². The molecule has 0 aromatic carbocycles. The maximum absolute atomic E-state index is 15.0. The normalized spacial score (nSPS) is 24.8. The lowest BCUT2D eigenvalue weighted by molar-refractivity contribution is 0.0930. The van der Waals surface area contributed by atoms with E-state index in [0.717, 1.165) is 19.3 Å². The van der Waals surface area contributed by atoms with Gasteiger partial charge in [-0.15, -0.1) is 0 Å². The summed E-state index contributed by atoms with van der Waals surface area (Å²) in [6.07, 6.45) is 3.61. The Morgan fingerprint density at radius 3 is 2.62 bits per heavy atom. The number of nitrogens with one attached hydrogen (secondary N) is 2. The fourth-order valence-electron chi connectivity index (χ4n) is 5.43. The van der Waals surface area contributed by atoms with E-state index in [4.69, 9.17) is 10.00 Å². The van der Waals surface area contributed by atoms with Gasteiger partial charge in [-0.1, -0.05) is 6.42 Å². The molecule has 3 atom stereocenters. The Balaban J connectivity index is 1.36. The van der Waals surface area contributed by atoms with Crippen LogP contribution in [0.2, 0.25) is 0 Å². The van der Waals surface area contributed by atoms with Crippen LogP contribution in [-0.4, -0.2) is 87.7 Å². The number of H-pyrrole nitrogens is 1. The second kappa shape index (κ2) is 10.0. The summed E-state index contributed by atoms with van der Waals surface area (Å²) in [5.41, 5.74) is 0.455. The third-order valence-electron chi connectivity index (χ3n) is 7.42. The highest BCUT2D eigenvalue weighted by atomic mass is 32.2. The van der Waals surface area contributed by atoms with Crippen molar-refractivity contribution in [2.75, 3.05) is 37.5 Å². The second-order valence-electron chi connectivity index (χ2n) is 9.71. The summed E-state index contributed by atoms with van der Waals surface area (Å²) in [4.78, 5) is 10.5. The zero-order valence-electron chi connectivity index (χ0n) is 20.6. The Hall–Kier alpha value is -3.06. The molecule has 13 nitrogen and oxygen atoms in total. The third-order valence-corrected chi connectivity index (χ3v) is 9.50. The van der Waals surface area contributed by atoms with E-state index in [0.29, 0.717) is 18.5 Å². The quantitative estimate of drug-likeness (QED) is 0.446. The summed E-state index contributed by atoms with van der Waals surface area (Å²) in [7, 11) is -0.512. The maximum atomic E-state index is 15.0. The van der Waals surface area contributed by atoms with Gasteiger partial charge in [-0.3, -0.25) is 5.10 Å². The van der Waals surface area contributed by atoms with E-state index in [1.54, 1.807) is 4.31 Å². The molecule has 3 aliphatic rings. The van der Waals surface area contributed by atoms with E-state index in [-0.39, 0.29) is 67.2 Å². The highest BCUT2D eigenvalue weighted by molar-refractivity contribution is 7.86. The molecule has 3 N–H and O–H groups in total. The molecule has 0 saturated carbocycles. The van der Waals surface area contributed by atoms with Crippen molar-refractivity contribution < 1.29 is 22.7 Å². The molecule has 2 bridgehead atoms. The number of aliphatic hydroxyl groups excluding tert-OH is 1. The molecular weight excluding hydrogens is 505 g/mol. The standard InChI is InChI=1S/C22H30FN9O4S/c1-30(22-26-20(19(23)21(27-22)36-2)25-18-6-14(12-33)28-29-18)17-7-15-4-3-5-16(8-17)32(15)37(34,35)31-10-13(9-24)11-31/h6,13,15-17,33H,3-5,7-8,10-12H2,1-2H3,(H2,25,26,27,28,29)/t15-,16+,17?. The van der Waals surface area contributed by atoms with Crippen LogP contribution in [0.3, 0.4) is 0 Å². The molecule has 0 aliphatic carbocycles. The number of rotatable bonds is 8. The van der Waals surface area contributed by atoms with E-state index >= 15 is 0 Å². The Morgan fingerprint density at radius 2 is 2.03 bits per heavy atom. The number of piperidine rings is 2. The number of halogens is 1. The van der Waals surface area contributed by atoms with Crippen LogP contribution >= 0.6 is 0 Å². The van der Waals surface area contributed by atoms with Gasteiger partial charge in [-0.2, -0.15) is 41.7 Å². The smallest absolute Gasteiger partial charge is 0.282 e. The van der Waals surface area contributed by atoms with E-state index in [1.807, 2.05) is 11.9 Å². The van der Waals surface area contributed by atoms with Gasteiger partial charge in [0.2, 0.25) is 11.8 Å². The van der Waals surface area contributed by atoms with Crippen molar-refractivity contribution in [3.05, 3.63) is 17.6 Å². The monoisotopic (exact) mass is 535 g/mol. The summed E-state index contributed by atoms with van der Waals surface area (Å²) < 4.78 is 49.9. The highest BCUT2D eigenvalue weighted by Gasteiger charge is 2.50. The van der Waals surface area contributed by atoms with E-state index in [1.165, 1.54) is 17.5 Å². The van der Waals surface area contributed by atoms with Gasteiger partial charge < -0.3 is 20.1 Å². The minimum Gasteiger partial charge on any atom is -0.479 e. The predicted molar refractivity (Wildman–Crippen MR) is 131 cm³/mol. The molecule has 2 aromatic heterocycles. The number of ether oxygens (including phenoxy) is 1. The molecule has 3 fully saturated rings. The Morgan fingerprint density at radius 1 is 1.32 bits per heavy atom. The summed E-state index contributed by atoms with van der Waals surface area (Å²) in [5.74, 6) is -0.885. The van der Waals surface area contributed by atoms with Crippen LogP contribution in [0.4, 0.5) is 22.0 Å². The van der Waals surface area contributed by atoms with Crippen LogP contribution in [0.5, 0.6) is 5.88 Å². The minimum absolute atomic E-state index is 0.0700. The maximum Gasteiger partial charge on any atom is 0.282 e. The first-order chi connectivity index (χ1) is 17.7. The number of nitrogens with zero attached hydrogens (tertiary/aromatic N) is 7. The Labute approximate surface area is 214 Å². The number of methoxy groups -OCH3 is 1. The molecule has 200 valence electrons. The van der Waals surface area contributed by atoms with E-state index in [9.17, 15) is 17.9 Å². The minimum atomic E-state index is -3.64. The average molecular weight is 536 g/mol. The van der Waals surface area contributed by atoms with Gasteiger partial charge in [0.15, 0.2) is 11.6 Å². The zero-order valence-corrected chi connectivity index (χ0v) is 21.4. The topological polar surface area (TPSA) is 164 Å². The van der Waals surface area contributed by atoms with Crippen molar-refractivity contribution >= 4 is 27.8 Å². The molecule has 5 rings (SSSR count). The average Bonchev–Trinajstić information content (AvgIpc) is 3.30. The number of aromatic amines is 1. The van der Waals surface area contributed by atoms with E-state index < -0.39 is 16.0 Å². The lowest BCUT2D eigenvalue weighted by atomic mass is 9.83. The molecule has 15 heteroatoms. The van der Waals surface area contributed by atoms with Crippen molar-refractivity contribution in [1.29, 1.82) is 5.26 Å². The van der Waals surface area contributed by atoms with Gasteiger partial charge in [0.05, 0.1) is 31.4 Å². The summed E-state index contributed by atoms with van der Waals surface area (Å²) in [6, 6.07) is 3.25. The highest BCUT2D eigenvalue weighted by Crippen LogP contribution is 2.40. The number of nitriles is 1. The lowest BCUT2D eigenvalue weighted by Gasteiger charge is -2.51. The van der Waals surface area contributed by atoms with Crippen molar-refractivity contribution in [2.24, 2.45) is 5.92 Å². The molecule has 37 heavy (non-hydrogen) atoms. The summed E-state index contributed by atoms with van der Waals surface area (Å²) in [6.45, 7) is 0.242. The van der Waals surface area contributed by atoms with Gasteiger partial charge >= 0.3 is 0 Å². The van der Waals surface area contributed by atoms with Gasteiger partial charge in [0.25, 0.3) is 16.1 Å². The van der Waals surface area contributed by atoms with Crippen LogP contribution in [0.25, 0.3) is 0 Å². The number of hydrogen-bond donors (Lipinski definition) is 3. The van der Waals surface area contributed by atoms with Gasteiger partial charge in [-0.25, -0.2) is 0 Å². The van der Waals surface area contributed by atoms with Crippen molar-refractivity contribution in [2.45, 2.75) is 56.8 Å². The SMILES string of the molecule is COc1nc(N(C)C2C[C@H]3CCC[C@@H](C2)N3S(=O)(=O)N2CC(C#N)C2)nc(Nc2cc(CO)[nH]n2)c1F. The van der Waals surface area contributed by atoms with Crippen LogP contribution in [0.15, 0.2) is 6.07 Å². The number of fused-ring (bicyclic) bond motifs is 2. The first-order valence-corrected chi connectivity index (χ1v) is 13.6. The Bertz CT molecular complexity index is 1280. The molecule has 3 saturated heterocycles. The predicted octanol–water partition coefficient (Wildman–Crippen LogP) is 1.11. The van der Waals surface area contributed by atoms with Crippen molar-refractivity contribution in [3.8, 4) is 11.9 Å². The second-order valence-corrected chi connectivity index (χ2v) is 11.5. The fraction of sp³-hybridized carbons (Fsp3) is 0.636. The molecule has 1 unspecified atom stereocenters. The molecule has 2 aromatic rings. The van der Waals surface area contributed by atoms with Gasteiger partial charge in [-0.05, 0) is 25.7 Å². The summed E-state index contributed by atoms with van der Waals surface area (Å²) >= 11 is 0. The molecule has 0 spiro atoms. The first kappa shape index (κ1) is 25.6. The number of aromatic nitrogens is 4. The number of anilines is 3. The molecule has 0 radical (unpaired) electrons. The molecule has 3 aliphatic heterocycles. The van der Waals surface area contributed by atoms with E-state index in [2.05, 4.69) is 31.6 Å². The number of hydrogen-bond acceptors (Lipinski definition) is 10. The van der Waals surface area contributed by atoms with Crippen molar-refractivity contribution in [1.82, 2.24) is 28.8 Å². The fourth-order valence-corrected chi connectivity index (χ4v) is 7.57. The largest absolute Gasteiger partial charge is 0.479 e. The lowest BCUT2D eigenvalue weighted by Crippen LogP contribution is -2.64. The molecule has 5 heterocycles.